The van der Waals surface area contributed by atoms with E-state index in [-0.39, 0.29) is 5.82 Å². The molecule has 0 fully saturated rings. The van der Waals surface area contributed by atoms with Gasteiger partial charge in [-0.2, -0.15) is 0 Å². The number of hydrogen-bond donors (Lipinski definition) is 1. The van der Waals surface area contributed by atoms with Crippen molar-refractivity contribution in [2.24, 2.45) is 0 Å². The van der Waals surface area contributed by atoms with E-state index in [0.717, 1.165) is 11.3 Å². The molecule has 2 aromatic carbocycles. The molecule has 0 heterocycles. The average molecular weight is 375 g/mol. The second-order valence-electron chi connectivity index (χ2n) is 7.95. The molecule has 0 saturated heterocycles. The number of aliphatic hydroxyl groups is 1. The summed E-state index contributed by atoms with van der Waals surface area (Å²) in [6.45, 7) is 13.5. The highest BCUT2D eigenvalue weighted by Gasteiger charge is 2.46. The lowest BCUT2D eigenvalue weighted by molar-refractivity contribution is 0.219. The van der Waals surface area contributed by atoms with E-state index >= 15 is 0 Å². The summed E-state index contributed by atoms with van der Waals surface area (Å²) < 4.78 is 20.0. The zero-order valence-electron chi connectivity index (χ0n) is 16.7. The van der Waals surface area contributed by atoms with E-state index < -0.39 is 14.4 Å². The van der Waals surface area contributed by atoms with Gasteiger partial charge in [0.25, 0.3) is 8.32 Å². The van der Waals surface area contributed by atoms with Crippen molar-refractivity contribution in [1.29, 1.82) is 0 Å². The Morgan fingerprint density at radius 3 is 1.81 bits per heavy atom. The third-order valence-electron chi connectivity index (χ3n) is 5.36. The molecule has 0 aliphatic heterocycles. The minimum absolute atomic E-state index is 0.344. The van der Waals surface area contributed by atoms with Crippen molar-refractivity contribution in [1.82, 2.24) is 0 Å². The molecule has 0 radical (unpaired) electrons. The Morgan fingerprint density at radius 1 is 0.808 bits per heavy atom. The molecule has 0 aliphatic carbocycles. The molecule has 1 unspecified atom stereocenters. The highest BCUT2D eigenvalue weighted by atomic mass is 28.4. The first-order chi connectivity index (χ1) is 12.2. The van der Waals surface area contributed by atoms with Crippen molar-refractivity contribution >= 4 is 8.32 Å². The molecule has 1 N–H and O–H groups in total. The van der Waals surface area contributed by atoms with Crippen LogP contribution in [-0.4, -0.2) is 13.4 Å². The summed E-state index contributed by atoms with van der Waals surface area (Å²) in [5.74, 6) is 0.506. The second-order valence-corrected chi connectivity index (χ2v) is 13.3. The number of aliphatic hydroxyl groups excluding tert-OH is 1. The van der Waals surface area contributed by atoms with Crippen molar-refractivity contribution in [3.8, 4) is 5.75 Å². The van der Waals surface area contributed by atoms with Crippen LogP contribution in [0.2, 0.25) is 16.6 Å². The van der Waals surface area contributed by atoms with Crippen LogP contribution < -0.4 is 4.43 Å². The van der Waals surface area contributed by atoms with Crippen LogP contribution in [0.1, 0.15) is 58.8 Å². The fourth-order valence-electron chi connectivity index (χ4n) is 4.14. The SMILES string of the molecule is CC(C)[Si](Oc1ccc(C(O)c2cccc(F)c2)cc1)(C(C)C)C(C)C. The quantitative estimate of drug-likeness (QED) is 0.563. The van der Waals surface area contributed by atoms with Crippen LogP contribution >= 0.6 is 0 Å². The fraction of sp³-hybridized carbons (Fsp3) is 0.455. The highest BCUT2D eigenvalue weighted by Crippen LogP contribution is 2.42. The zero-order chi connectivity index (χ0) is 19.5. The highest BCUT2D eigenvalue weighted by molar-refractivity contribution is 6.78. The van der Waals surface area contributed by atoms with Gasteiger partial charge in [-0.3, -0.25) is 0 Å². The third-order valence-corrected chi connectivity index (χ3v) is 11.4. The molecule has 0 spiro atoms. The van der Waals surface area contributed by atoms with E-state index in [1.54, 1.807) is 12.1 Å². The van der Waals surface area contributed by atoms with E-state index in [1.807, 2.05) is 24.3 Å². The van der Waals surface area contributed by atoms with Gasteiger partial charge in [-0.15, -0.1) is 0 Å². The van der Waals surface area contributed by atoms with Crippen LogP contribution in [0.15, 0.2) is 48.5 Å². The van der Waals surface area contributed by atoms with E-state index in [4.69, 9.17) is 4.43 Å². The lowest BCUT2D eigenvalue weighted by atomic mass is 10.0. The van der Waals surface area contributed by atoms with Crippen LogP contribution in [0.5, 0.6) is 5.75 Å². The van der Waals surface area contributed by atoms with Crippen LogP contribution in [0.3, 0.4) is 0 Å². The van der Waals surface area contributed by atoms with Crippen LogP contribution in [0.4, 0.5) is 4.39 Å². The maximum atomic E-state index is 13.4. The third kappa shape index (κ3) is 4.18. The van der Waals surface area contributed by atoms with Crippen LogP contribution in [-0.2, 0) is 0 Å². The second kappa shape index (κ2) is 8.36. The van der Waals surface area contributed by atoms with Gasteiger partial charge >= 0.3 is 0 Å². The molecule has 2 rings (SSSR count). The fourth-order valence-corrected chi connectivity index (χ4v) is 9.40. The molecule has 0 saturated carbocycles. The minimum Gasteiger partial charge on any atom is -0.543 e. The monoisotopic (exact) mass is 374 g/mol. The molecule has 0 bridgehead atoms. The summed E-state index contributed by atoms with van der Waals surface area (Å²) in [6, 6.07) is 13.7. The predicted molar refractivity (Wildman–Crippen MR) is 109 cm³/mol. The van der Waals surface area contributed by atoms with Gasteiger partial charge in [-0.1, -0.05) is 65.8 Å². The molecule has 2 aromatic rings. The summed E-state index contributed by atoms with van der Waals surface area (Å²) in [7, 11) is -2.00. The van der Waals surface area contributed by atoms with Crippen molar-refractivity contribution in [3.63, 3.8) is 0 Å². The Labute approximate surface area is 158 Å². The van der Waals surface area contributed by atoms with Gasteiger partial charge in [-0.05, 0) is 52.0 Å². The predicted octanol–water partition coefficient (Wildman–Crippen LogP) is 6.46. The molecule has 142 valence electrons. The molecule has 0 aromatic heterocycles. The van der Waals surface area contributed by atoms with Gasteiger partial charge in [0.1, 0.15) is 17.7 Å². The molecule has 0 aliphatic rings. The summed E-state index contributed by atoms with van der Waals surface area (Å²) in [4.78, 5) is 0. The molecule has 1 atom stereocenters. The summed E-state index contributed by atoms with van der Waals surface area (Å²) >= 11 is 0. The smallest absolute Gasteiger partial charge is 0.258 e. The Kier molecular flexibility index (Phi) is 6.64. The van der Waals surface area contributed by atoms with Gasteiger partial charge in [0.15, 0.2) is 0 Å². The average Bonchev–Trinajstić information content (AvgIpc) is 2.58. The van der Waals surface area contributed by atoms with Gasteiger partial charge < -0.3 is 9.53 Å². The van der Waals surface area contributed by atoms with Crippen LogP contribution in [0.25, 0.3) is 0 Å². The molecule has 2 nitrogen and oxygen atoms in total. The topological polar surface area (TPSA) is 29.5 Å². The Bertz CT molecular complexity index is 689. The molecular weight excluding hydrogens is 343 g/mol. The first-order valence-corrected chi connectivity index (χ1v) is 11.5. The first kappa shape index (κ1) is 20.7. The Balaban J connectivity index is 2.26. The lowest BCUT2D eigenvalue weighted by Gasteiger charge is -2.42. The van der Waals surface area contributed by atoms with Crippen molar-refractivity contribution in [2.75, 3.05) is 0 Å². The van der Waals surface area contributed by atoms with Crippen molar-refractivity contribution in [2.45, 2.75) is 64.3 Å². The van der Waals surface area contributed by atoms with Gasteiger partial charge in [0, 0.05) is 0 Å². The van der Waals surface area contributed by atoms with E-state index in [1.165, 1.54) is 12.1 Å². The number of hydrogen-bond acceptors (Lipinski definition) is 2. The molecular formula is C22H31FO2Si. The Morgan fingerprint density at radius 2 is 1.35 bits per heavy atom. The largest absolute Gasteiger partial charge is 0.543 e. The van der Waals surface area contributed by atoms with Crippen molar-refractivity contribution in [3.05, 3.63) is 65.5 Å². The van der Waals surface area contributed by atoms with E-state index in [9.17, 15) is 9.50 Å². The van der Waals surface area contributed by atoms with Crippen molar-refractivity contribution < 1.29 is 13.9 Å². The van der Waals surface area contributed by atoms with E-state index in [2.05, 4.69) is 41.5 Å². The Hall–Kier alpha value is -1.65. The maximum absolute atomic E-state index is 13.4. The number of halogens is 1. The number of benzene rings is 2. The molecule has 26 heavy (non-hydrogen) atoms. The summed E-state index contributed by atoms with van der Waals surface area (Å²) in [5.41, 5.74) is 2.78. The maximum Gasteiger partial charge on any atom is 0.258 e. The van der Waals surface area contributed by atoms with E-state index in [0.29, 0.717) is 22.2 Å². The van der Waals surface area contributed by atoms with Gasteiger partial charge in [0.05, 0.1) is 0 Å². The molecule has 4 heteroatoms. The summed E-state index contributed by atoms with van der Waals surface area (Å²) in [5, 5.41) is 10.5. The lowest BCUT2D eigenvalue weighted by Crippen LogP contribution is -2.50. The van der Waals surface area contributed by atoms with Crippen LogP contribution in [0, 0.1) is 5.82 Å². The number of rotatable bonds is 7. The normalized spacial score (nSPS) is 13.5. The summed E-state index contributed by atoms with van der Waals surface area (Å²) in [6.07, 6.45) is -0.845. The minimum atomic E-state index is -2.00. The zero-order valence-corrected chi connectivity index (χ0v) is 17.7. The van der Waals surface area contributed by atoms with Gasteiger partial charge in [0.2, 0.25) is 0 Å². The molecule has 0 amide bonds. The first-order valence-electron chi connectivity index (χ1n) is 9.41. The standard InChI is InChI=1S/C22H31FO2Si/c1-15(2)26(16(3)4,17(5)6)25-21-12-10-18(11-13-21)22(24)19-8-7-9-20(23)14-19/h7-17,22,24H,1-6H3. The van der Waals surface area contributed by atoms with Gasteiger partial charge in [-0.25, -0.2) is 4.39 Å².